The van der Waals surface area contributed by atoms with E-state index in [4.69, 9.17) is 9.47 Å². The summed E-state index contributed by atoms with van der Waals surface area (Å²) in [4.78, 5) is 24.5. The van der Waals surface area contributed by atoms with E-state index in [1.807, 2.05) is 45.0 Å². The number of rotatable bonds is 6. The van der Waals surface area contributed by atoms with Gasteiger partial charge in [0.2, 0.25) is 5.91 Å². The molecule has 0 radical (unpaired) electrons. The van der Waals surface area contributed by atoms with Crippen molar-refractivity contribution in [2.24, 2.45) is 0 Å². The lowest BCUT2D eigenvalue weighted by Gasteiger charge is -2.27. The summed E-state index contributed by atoms with van der Waals surface area (Å²) in [7, 11) is 0. The summed E-state index contributed by atoms with van der Waals surface area (Å²) < 4.78 is 10.7. The van der Waals surface area contributed by atoms with Gasteiger partial charge < -0.3 is 14.8 Å². The number of hydrogen-bond acceptors (Lipinski definition) is 4. The van der Waals surface area contributed by atoms with Gasteiger partial charge in [-0.1, -0.05) is 24.3 Å². The van der Waals surface area contributed by atoms with E-state index in [1.54, 1.807) is 6.92 Å². The van der Waals surface area contributed by atoms with Crippen molar-refractivity contribution in [3.05, 3.63) is 46.7 Å². The van der Waals surface area contributed by atoms with Crippen LogP contribution in [0.2, 0.25) is 0 Å². The maximum absolute atomic E-state index is 12.6. The topological polar surface area (TPSA) is 64.6 Å². The van der Waals surface area contributed by atoms with Gasteiger partial charge in [-0.25, -0.2) is 4.79 Å². The second-order valence-corrected chi connectivity index (χ2v) is 6.26. The molecule has 5 heteroatoms. The lowest BCUT2D eigenvalue weighted by atomic mass is 9.82. The average Bonchev–Trinajstić information content (AvgIpc) is 2.51. The number of ether oxygens (including phenoxy) is 2. The quantitative estimate of drug-likeness (QED) is 0.643. The number of carbonyl (C=O) groups is 2. The van der Waals surface area contributed by atoms with Crippen LogP contribution in [0.4, 0.5) is 0 Å². The van der Waals surface area contributed by atoms with Crippen LogP contribution in [0.1, 0.15) is 44.2 Å². The third kappa shape index (κ3) is 4.45. The molecule has 1 aliphatic heterocycles. The van der Waals surface area contributed by atoms with Crippen LogP contribution in [0.15, 0.2) is 35.5 Å². The fourth-order valence-corrected chi connectivity index (χ4v) is 2.91. The van der Waals surface area contributed by atoms with Crippen molar-refractivity contribution in [1.82, 2.24) is 5.32 Å². The Morgan fingerprint density at radius 2 is 1.96 bits per heavy atom. The zero-order valence-electron chi connectivity index (χ0n) is 14.7. The lowest BCUT2D eigenvalue weighted by Crippen LogP contribution is -2.34. The van der Waals surface area contributed by atoms with Crippen LogP contribution in [0.25, 0.3) is 0 Å². The van der Waals surface area contributed by atoms with E-state index in [0.29, 0.717) is 17.9 Å². The second kappa shape index (κ2) is 8.11. The highest BCUT2D eigenvalue weighted by atomic mass is 16.6. The Morgan fingerprint density at radius 1 is 1.25 bits per heavy atom. The van der Waals surface area contributed by atoms with E-state index in [1.165, 1.54) is 0 Å². The Balaban J connectivity index is 2.19. The Kier molecular flexibility index (Phi) is 6.15. The molecule has 1 atom stereocenters. The van der Waals surface area contributed by atoms with Gasteiger partial charge in [0.1, 0.15) is 6.61 Å². The smallest absolute Gasteiger partial charge is 0.336 e. The van der Waals surface area contributed by atoms with Gasteiger partial charge in [-0.15, -0.1) is 0 Å². The third-order valence-corrected chi connectivity index (χ3v) is 4.02. The van der Waals surface area contributed by atoms with Crippen LogP contribution in [0.3, 0.4) is 0 Å². The van der Waals surface area contributed by atoms with Gasteiger partial charge >= 0.3 is 5.97 Å². The zero-order chi connectivity index (χ0) is 17.7. The molecular formula is C19H25NO4. The minimum absolute atomic E-state index is 0.0829. The van der Waals surface area contributed by atoms with E-state index in [9.17, 15) is 9.59 Å². The Labute approximate surface area is 143 Å². The molecule has 1 aromatic carbocycles. The molecule has 0 saturated carbocycles. The van der Waals surface area contributed by atoms with Gasteiger partial charge in [-0.05, 0) is 38.8 Å². The average molecular weight is 331 g/mol. The number of esters is 1. The van der Waals surface area contributed by atoms with Crippen molar-refractivity contribution in [2.75, 3.05) is 13.2 Å². The molecule has 0 spiro atoms. The number of nitrogens with one attached hydrogen (secondary N) is 1. The molecule has 0 saturated heterocycles. The summed E-state index contributed by atoms with van der Waals surface area (Å²) in [5, 5.41) is 2.75. The molecule has 5 nitrogen and oxygen atoms in total. The van der Waals surface area contributed by atoms with E-state index in [-0.39, 0.29) is 31.0 Å². The number of aryl methyl sites for hydroxylation is 1. The molecule has 1 amide bonds. The minimum Gasteiger partial charge on any atom is -0.460 e. The maximum Gasteiger partial charge on any atom is 0.336 e. The summed E-state index contributed by atoms with van der Waals surface area (Å²) >= 11 is 0. The molecule has 1 N–H and O–H groups in total. The first-order valence-corrected chi connectivity index (χ1v) is 8.25. The van der Waals surface area contributed by atoms with Crippen LogP contribution in [-0.4, -0.2) is 31.2 Å². The molecule has 0 aromatic heterocycles. The zero-order valence-corrected chi connectivity index (χ0v) is 14.7. The fourth-order valence-electron chi connectivity index (χ4n) is 2.91. The van der Waals surface area contributed by atoms with Crippen molar-refractivity contribution in [2.45, 2.75) is 46.1 Å². The maximum atomic E-state index is 12.6. The van der Waals surface area contributed by atoms with E-state index >= 15 is 0 Å². The Morgan fingerprint density at radius 3 is 2.62 bits per heavy atom. The van der Waals surface area contributed by atoms with Gasteiger partial charge in [0, 0.05) is 18.0 Å². The van der Waals surface area contributed by atoms with E-state index in [0.717, 1.165) is 11.1 Å². The summed E-state index contributed by atoms with van der Waals surface area (Å²) in [6.07, 6.45) is 0.341. The van der Waals surface area contributed by atoms with Crippen LogP contribution >= 0.6 is 0 Å². The molecule has 130 valence electrons. The summed E-state index contributed by atoms with van der Waals surface area (Å²) in [5.74, 6) is -0.757. The highest BCUT2D eigenvalue weighted by Crippen LogP contribution is 2.34. The largest absolute Gasteiger partial charge is 0.460 e. The minimum atomic E-state index is -0.395. The van der Waals surface area contributed by atoms with Crippen molar-refractivity contribution >= 4 is 11.9 Å². The van der Waals surface area contributed by atoms with Crippen LogP contribution in [0, 0.1) is 6.92 Å². The molecule has 24 heavy (non-hydrogen) atoms. The van der Waals surface area contributed by atoms with Crippen molar-refractivity contribution in [1.29, 1.82) is 0 Å². The van der Waals surface area contributed by atoms with Crippen LogP contribution in [0.5, 0.6) is 0 Å². The van der Waals surface area contributed by atoms with E-state index < -0.39 is 5.97 Å². The predicted molar refractivity (Wildman–Crippen MR) is 91.4 cm³/mol. The highest BCUT2D eigenvalue weighted by molar-refractivity contribution is 5.95. The predicted octanol–water partition coefficient (Wildman–Crippen LogP) is 2.84. The number of allylic oxidation sites excluding steroid dienone is 1. The van der Waals surface area contributed by atoms with Gasteiger partial charge in [-0.2, -0.15) is 0 Å². The highest BCUT2D eigenvalue weighted by Gasteiger charge is 2.33. The first kappa shape index (κ1) is 18.2. The molecule has 0 fully saturated rings. The number of carbonyl (C=O) groups excluding carboxylic acids is 2. The molecule has 0 unspecified atom stereocenters. The van der Waals surface area contributed by atoms with E-state index in [2.05, 4.69) is 5.32 Å². The normalized spacial score (nSPS) is 17.9. The molecule has 0 bridgehead atoms. The number of benzene rings is 1. The van der Waals surface area contributed by atoms with Crippen LogP contribution in [-0.2, 0) is 19.1 Å². The molecule has 0 aliphatic carbocycles. The number of hydrogen-bond donors (Lipinski definition) is 1. The first-order valence-electron chi connectivity index (χ1n) is 8.25. The monoisotopic (exact) mass is 331 g/mol. The summed E-state index contributed by atoms with van der Waals surface area (Å²) in [5.41, 5.74) is 3.12. The number of amides is 1. The summed E-state index contributed by atoms with van der Waals surface area (Å²) in [6.45, 7) is 8.14. The first-order chi connectivity index (χ1) is 11.4. The SMILES string of the molecule is CC1=C(C(=O)OCCOC(C)C)[C@H](c2ccccc2C)CC(=O)N1. The Bertz CT molecular complexity index is 649. The molecule has 2 rings (SSSR count). The van der Waals surface area contributed by atoms with Gasteiger partial charge in [0.05, 0.1) is 18.3 Å². The molecule has 1 heterocycles. The summed E-state index contributed by atoms with van der Waals surface area (Å²) in [6, 6.07) is 7.81. The van der Waals surface area contributed by atoms with Crippen molar-refractivity contribution < 1.29 is 19.1 Å². The molecular weight excluding hydrogens is 306 g/mol. The third-order valence-electron chi connectivity index (χ3n) is 4.02. The standard InChI is InChI=1S/C19H25NO4/c1-12(2)23-9-10-24-19(22)18-14(4)20-17(21)11-16(18)15-8-6-5-7-13(15)3/h5-8,12,16H,9-11H2,1-4H3,(H,20,21)/t16-/m0/s1. The molecule has 1 aromatic rings. The fraction of sp³-hybridized carbons (Fsp3) is 0.474. The second-order valence-electron chi connectivity index (χ2n) is 6.26. The van der Waals surface area contributed by atoms with Crippen LogP contribution < -0.4 is 5.32 Å². The van der Waals surface area contributed by atoms with Crippen molar-refractivity contribution in [3.63, 3.8) is 0 Å². The lowest BCUT2D eigenvalue weighted by molar-refractivity contribution is -0.141. The van der Waals surface area contributed by atoms with Crippen molar-refractivity contribution in [3.8, 4) is 0 Å². The Hall–Kier alpha value is -2.14. The molecule has 1 aliphatic rings. The van der Waals surface area contributed by atoms with Gasteiger partial charge in [0.25, 0.3) is 0 Å². The van der Waals surface area contributed by atoms with Gasteiger partial charge in [0.15, 0.2) is 0 Å². The van der Waals surface area contributed by atoms with Gasteiger partial charge in [-0.3, -0.25) is 4.79 Å².